The van der Waals surface area contributed by atoms with E-state index in [4.69, 9.17) is 10.2 Å². The number of nitrogens with zero attached hydrogens (tertiary/aromatic N) is 3. The number of hydrogen-bond acceptors (Lipinski definition) is 5. The second-order valence-electron chi connectivity index (χ2n) is 4.14. The highest BCUT2D eigenvalue weighted by Crippen LogP contribution is 2.25. The van der Waals surface area contributed by atoms with Gasteiger partial charge in [-0.2, -0.15) is 0 Å². The molecular formula is C10H18N4O. The molecule has 15 heavy (non-hydrogen) atoms. The van der Waals surface area contributed by atoms with Crippen molar-refractivity contribution in [2.75, 3.05) is 23.7 Å². The Bertz CT molecular complexity index is 304. The van der Waals surface area contributed by atoms with Crippen molar-refractivity contribution in [3.8, 4) is 0 Å². The molecule has 0 aromatic carbocycles. The molecule has 2 heterocycles. The molecule has 0 bridgehead atoms. The topological polar surface area (TPSA) is 68.2 Å². The summed E-state index contributed by atoms with van der Waals surface area (Å²) in [7, 11) is 0. The fourth-order valence-corrected chi connectivity index (χ4v) is 2.18. The van der Waals surface area contributed by atoms with Crippen molar-refractivity contribution in [1.29, 1.82) is 0 Å². The lowest BCUT2D eigenvalue weighted by Gasteiger charge is -2.30. The van der Waals surface area contributed by atoms with Crippen LogP contribution in [0, 0.1) is 5.92 Å². The Labute approximate surface area is 89.6 Å². The zero-order valence-corrected chi connectivity index (χ0v) is 9.15. The van der Waals surface area contributed by atoms with E-state index >= 15 is 0 Å². The number of hydrogen-bond donors (Lipinski definition) is 1. The summed E-state index contributed by atoms with van der Waals surface area (Å²) in [5.41, 5.74) is 5.39. The van der Waals surface area contributed by atoms with Gasteiger partial charge in [0.1, 0.15) is 0 Å². The Morgan fingerprint density at radius 2 is 2.13 bits per heavy atom. The first kappa shape index (κ1) is 10.3. The molecule has 0 aliphatic carbocycles. The van der Waals surface area contributed by atoms with Gasteiger partial charge in [0.25, 0.3) is 0 Å². The van der Waals surface area contributed by atoms with Crippen LogP contribution in [0.3, 0.4) is 0 Å². The molecule has 0 saturated carbocycles. The van der Waals surface area contributed by atoms with Crippen molar-refractivity contribution in [3.63, 3.8) is 0 Å². The van der Waals surface area contributed by atoms with Crippen LogP contribution in [-0.4, -0.2) is 23.3 Å². The van der Waals surface area contributed by atoms with E-state index in [1.807, 2.05) is 0 Å². The summed E-state index contributed by atoms with van der Waals surface area (Å²) in [6.45, 7) is 4.25. The maximum absolute atomic E-state index is 5.39. The molecule has 84 valence electrons. The van der Waals surface area contributed by atoms with E-state index in [0.29, 0.717) is 6.01 Å². The molecule has 1 fully saturated rings. The summed E-state index contributed by atoms with van der Waals surface area (Å²) in [5.74, 6) is 0.867. The third-order valence-corrected chi connectivity index (χ3v) is 3.01. The second-order valence-corrected chi connectivity index (χ2v) is 4.14. The molecule has 1 aromatic heterocycles. The molecule has 0 radical (unpaired) electrons. The maximum atomic E-state index is 5.39. The normalized spacial score (nSPS) is 18.3. The smallest absolute Gasteiger partial charge is 0.319 e. The lowest BCUT2D eigenvalue weighted by molar-refractivity contribution is 0.366. The summed E-state index contributed by atoms with van der Waals surface area (Å²) < 4.78 is 5.20. The molecule has 5 heteroatoms. The van der Waals surface area contributed by atoms with Gasteiger partial charge < -0.3 is 15.1 Å². The number of nitrogens with two attached hydrogens (primary N) is 1. The average Bonchev–Trinajstić information content (AvgIpc) is 2.67. The lowest BCUT2D eigenvalue weighted by Crippen LogP contribution is -2.33. The lowest BCUT2D eigenvalue weighted by atomic mass is 9.93. The third-order valence-electron chi connectivity index (χ3n) is 3.01. The Morgan fingerprint density at radius 3 is 2.67 bits per heavy atom. The number of aromatic nitrogens is 2. The first-order valence-electron chi connectivity index (χ1n) is 5.63. The highest BCUT2D eigenvalue weighted by molar-refractivity contribution is 5.28. The van der Waals surface area contributed by atoms with Crippen LogP contribution in [-0.2, 0) is 0 Å². The van der Waals surface area contributed by atoms with Crippen LogP contribution in [0.5, 0.6) is 0 Å². The fourth-order valence-electron chi connectivity index (χ4n) is 2.18. The second kappa shape index (κ2) is 4.51. The minimum atomic E-state index is 0.153. The van der Waals surface area contributed by atoms with E-state index in [2.05, 4.69) is 22.0 Å². The summed E-state index contributed by atoms with van der Waals surface area (Å²) >= 11 is 0. The fraction of sp³-hybridized carbons (Fsp3) is 0.800. The van der Waals surface area contributed by atoms with Crippen LogP contribution < -0.4 is 10.6 Å². The predicted molar refractivity (Wildman–Crippen MR) is 58.6 cm³/mol. The van der Waals surface area contributed by atoms with Gasteiger partial charge in [-0.3, -0.25) is 0 Å². The number of anilines is 2. The van der Waals surface area contributed by atoms with Crippen LogP contribution in [0.1, 0.15) is 32.6 Å². The van der Waals surface area contributed by atoms with Crippen LogP contribution >= 0.6 is 0 Å². The van der Waals surface area contributed by atoms with E-state index in [1.165, 1.54) is 25.7 Å². The highest BCUT2D eigenvalue weighted by atomic mass is 16.4. The average molecular weight is 210 g/mol. The molecule has 0 spiro atoms. The Balaban J connectivity index is 1.88. The van der Waals surface area contributed by atoms with E-state index < -0.39 is 0 Å². The van der Waals surface area contributed by atoms with Crippen LogP contribution in [0.25, 0.3) is 0 Å². The highest BCUT2D eigenvalue weighted by Gasteiger charge is 2.21. The van der Waals surface area contributed by atoms with Gasteiger partial charge in [-0.15, -0.1) is 0 Å². The minimum Gasteiger partial charge on any atom is -0.390 e. The number of rotatable bonds is 3. The molecule has 1 aromatic rings. The molecule has 2 rings (SSSR count). The van der Waals surface area contributed by atoms with Gasteiger partial charge in [-0.05, 0) is 18.8 Å². The summed E-state index contributed by atoms with van der Waals surface area (Å²) in [5, 5.41) is 7.56. The van der Waals surface area contributed by atoms with E-state index in [1.54, 1.807) is 0 Å². The van der Waals surface area contributed by atoms with Crippen molar-refractivity contribution < 1.29 is 4.42 Å². The SMILES string of the molecule is CCCC1CCN(c2nnc(N)o2)CC1. The van der Waals surface area contributed by atoms with Crippen molar-refractivity contribution in [2.24, 2.45) is 5.92 Å². The van der Waals surface area contributed by atoms with Crippen molar-refractivity contribution in [2.45, 2.75) is 32.6 Å². The quantitative estimate of drug-likeness (QED) is 0.821. The molecule has 1 saturated heterocycles. The molecule has 1 aliphatic rings. The van der Waals surface area contributed by atoms with Crippen LogP contribution in [0.4, 0.5) is 12.0 Å². The Hall–Kier alpha value is -1.26. The van der Waals surface area contributed by atoms with Gasteiger partial charge in [-0.25, -0.2) is 0 Å². The molecule has 2 N–H and O–H groups in total. The molecule has 0 unspecified atom stereocenters. The number of piperidine rings is 1. The molecular weight excluding hydrogens is 192 g/mol. The van der Waals surface area contributed by atoms with E-state index in [9.17, 15) is 0 Å². The molecule has 5 nitrogen and oxygen atoms in total. The molecule has 0 atom stereocenters. The van der Waals surface area contributed by atoms with Gasteiger partial charge in [0.15, 0.2) is 0 Å². The maximum Gasteiger partial charge on any atom is 0.319 e. The van der Waals surface area contributed by atoms with Crippen LogP contribution in [0.15, 0.2) is 4.42 Å². The van der Waals surface area contributed by atoms with Gasteiger partial charge in [0.2, 0.25) is 0 Å². The first-order chi connectivity index (χ1) is 7.29. The van der Waals surface area contributed by atoms with E-state index in [0.717, 1.165) is 19.0 Å². The first-order valence-corrected chi connectivity index (χ1v) is 5.63. The summed E-state index contributed by atoms with van der Waals surface area (Å²) in [6.07, 6.45) is 5.05. The van der Waals surface area contributed by atoms with Gasteiger partial charge in [0, 0.05) is 13.1 Å². The van der Waals surface area contributed by atoms with Crippen molar-refractivity contribution >= 4 is 12.0 Å². The Morgan fingerprint density at radius 1 is 1.40 bits per heavy atom. The third kappa shape index (κ3) is 2.40. The van der Waals surface area contributed by atoms with E-state index in [-0.39, 0.29) is 6.01 Å². The summed E-state index contributed by atoms with van der Waals surface area (Å²) in [4.78, 5) is 2.12. The summed E-state index contributed by atoms with van der Waals surface area (Å²) in [6, 6.07) is 0.725. The molecule has 1 aliphatic heterocycles. The zero-order valence-electron chi connectivity index (χ0n) is 9.15. The van der Waals surface area contributed by atoms with Crippen LogP contribution in [0.2, 0.25) is 0 Å². The zero-order chi connectivity index (χ0) is 10.7. The van der Waals surface area contributed by atoms with Gasteiger partial charge in [-0.1, -0.05) is 30.0 Å². The monoisotopic (exact) mass is 210 g/mol. The Kier molecular flexibility index (Phi) is 3.08. The number of nitrogen functional groups attached to an aromatic ring is 1. The predicted octanol–water partition coefficient (Wildman–Crippen LogP) is 1.67. The van der Waals surface area contributed by atoms with Gasteiger partial charge >= 0.3 is 12.0 Å². The van der Waals surface area contributed by atoms with Gasteiger partial charge in [0.05, 0.1) is 0 Å². The largest absolute Gasteiger partial charge is 0.390 e. The van der Waals surface area contributed by atoms with Crippen molar-refractivity contribution in [3.05, 3.63) is 0 Å². The minimum absolute atomic E-state index is 0.153. The molecule has 0 amide bonds. The standard InChI is InChI=1S/C10H18N4O/c1-2-3-8-4-6-14(7-5-8)10-13-12-9(11)15-10/h8H,2-7H2,1H3,(H2,11,12). The van der Waals surface area contributed by atoms with Crippen molar-refractivity contribution in [1.82, 2.24) is 10.2 Å².